The zero-order valence-electron chi connectivity index (χ0n) is 14.6. The van der Waals surface area contributed by atoms with Crippen LogP contribution in [0.15, 0.2) is 30.6 Å². The molecule has 0 aliphatic carbocycles. The first-order valence-electron chi connectivity index (χ1n) is 8.71. The molecule has 0 atom stereocenters. The van der Waals surface area contributed by atoms with Crippen molar-refractivity contribution in [2.45, 2.75) is 39.2 Å². The highest BCUT2D eigenvalue weighted by Crippen LogP contribution is 2.23. The summed E-state index contributed by atoms with van der Waals surface area (Å²) in [5.74, 6) is -0.201. The third-order valence-corrected chi connectivity index (χ3v) is 4.79. The molecule has 1 aromatic carbocycles. The summed E-state index contributed by atoms with van der Waals surface area (Å²) in [7, 11) is 0. The van der Waals surface area contributed by atoms with Gasteiger partial charge in [-0.15, -0.1) is 0 Å². The van der Waals surface area contributed by atoms with Crippen molar-refractivity contribution in [3.63, 3.8) is 0 Å². The molecular formula is C19H23F2N3O. The minimum absolute atomic E-state index is 0.203. The molecule has 0 N–H and O–H groups in total. The molecule has 0 radical (unpaired) electrons. The topological polar surface area (TPSA) is 38.1 Å². The number of likely N-dealkylation sites (tertiary alicyclic amines) is 1. The summed E-state index contributed by atoms with van der Waals surface area (Å²) in [6.45, 7) is 6.42. The van der Waals surface area contributed by atoms with Gasteiger partial charge in [-0.1, -0.05) is 13.8 Å². The Balaban J connectivity index is 1.59. The summed E-state index contributed by atoms with van der Waals surface area (Å²) in [4.78, 5) is 18.6. The quantitative estimate of drug-likeness (QED) is 0.843. The van der Waals surface area contributed by atoms with Gasteiger partial charge in [0.25, 0.3) is 5.91 Å². The van der Waals surface area contributed by atoms with Gasteiger partial charge in [-0.2, -0.15) is 0 Å². The lowest BCUT2D eigenvalue weighted by Crippen LogP contribution is -2.39. The number of carbonyl (C=O) groups excluding carboxylic acids is 1. The Morgan fingerprint density at radius 3 is 2.60 bits per heavy atom. The third kappa shape index (κ3) is 3.89. The number of amides is 1. The summed E-state index contributed by atoms with van der Waals surface area (Å²) in [6.07, 6.45) is 5.63. The lowest BCUT2D eigenvalue weighted by molar-refractivity contribution is 0.0682. The van der Waals surface area contributed by atoms with Crippen molar-refractivity contribution in [1.29, 1.82) is 0 Å². The van der Waals surface area contributed by atoms with Crippen LogP contribution >= 0.6 is 0 Å². The highest BCUT2D eigenvalue weighted by atomic mass is 19.2. The van der Waals surface area contributed by atoms with E-state index >= 15 is 0 Å². The van der Waals surface area contributed by atoms with E-state index < -0.39 is 11.6 Å². The largest absolute Gasteiger partial charge is 0.339 e. The van der Waals surface area contributed by atoms with Crippen molar-refractivity contribution in [2.75, 3.05) is 13.1 Å². The highest BCUT2D eigenvalue weighted by molar-refractivity contribution is 5.94. The first-order valence-corrected chi connectivity index (χ1v) is 8.71. The van der Waals surface area contributed by atoms with Crippen LogP contribution in [-0.2, 0) is 6.54 Å². The fourth-order valence-electron chi connectivity index (χ4n) is 3.38. The smallest absolute Gasteiger partial charge is 0.253 e. The standard InChI is InChI=1S/C19H23F2N3O/c1-13(2)18-22-7-10-24(18)12-14-5-8-23(9-6-14)19(25)15-3-4-16(20)17(21)11-15/h3-4,7,10-11,13-14H,5-6,8-9,12H2,1-2H3. The zero-order valence-corrected chi connectivity index (χ0v) is 14.6. The van der Waals surface area contributed by atoms with Gasteiger partial charge in [0, 0.05) is 43.5 Å². The average molecular weight is 347 g/mol. The highest BCUT2D eigenvalue weighted by Gasteiger charge is 2.25. The zero-order chi connectivity index (χ0) is 18.0. The number of piperidine rings is 1. The third-order valence-electron chi connectivity index (χ3n) is 4.79. The van der Waals surface area contributed by atoms with Crippen molar-refractivity contribution < 1.29 is 13.6 Å². The van der Waals surface area contributed by atoms with Gasteiger partial charge >= 0.3 is 0 Å². The number of hydrogen-bond acceptors (Lipinski definition) is 2. The predicted octanol–water partition coefficient (Wildman–Crippen LogP) is 3.84. The van der Waals surface area contributed by atoms with Gasteiger partial charge in [0.05, 0.1) is 0 Å². The number of aromatic nitrogens is 2. The normalized spacial score (nSPS) is 15.8. The Morgan fingerprint density at radius 2 is 1.96 bits per heavy atom. The SMILES string of the molecule is CC(C)c1nccn1CC1CCN(C(=O)c2ccc(F)c(F)c2)CC1. The Hall–Kier alpha value is -2.24. The van der Waals surface area contributed by atoms with Crippen molar-refractivity contribution >= 4 is 5.91 Å². The molecule has 1 saturated heterocycles. The molecule has 1 amide bonds. The Bertz CT molecular complexity index is 749. The molecule has 134 valence electrons. The summed E-state index contributed by atoms with van der Waals surface area (Å²) in [5, 5.41) is 0. The van der Waals surface area contributed by atoms with Gasteiger partial charge in [0.2, 0.25) is 0 Å². The van der Waals surface area contributed by atoms with Gasteiger partial charge in [-0.25, -0.2) is 13.8 Å². The van der Waals surface area contributed by atoms with Crippen molar-refractivity contribution in [3.8, 4) is 0 Å². The van der Waals surface area contributed by atoms with Gasteiger partial charge in [0.1, 0.15) is 5.82 Å². The second-order valence-electron chi connectivity index (χ2n) is 6.96. The lowest BCUT2D eigenvalue weighted by Gasteiger charge is -2.32. The minimum Gasteiger partial charge on any atom is -0.339 e. The molecule has 1 aliphatic heterocycles. The molecule has 0 bridgehead atoms. The van der Waals surface area contributed by atoms with E-state index in [0.29, 0.717) is 24.9 Å². The van der Waals surface area contributed by atoms with E-state index in [0.717, 1.165) is 37.3 Å². The van der Waals surface area contributed by atoms with Gasteiger partial charge in [-0.3, -0.25) is 4.79 Å². The number of rotatable bonds is 4. The maximum atomic E-state index is 13.3. The summed E-state index contributed by atoms with van der Waals surface area (Å²) in [5.41, 5.74) is 0.203. The lowest BCUT2D eigenvalue weighted by atomic mass is 9.96. The van der Waals surface area contributed by atoms with Crippen molar-refractivity contribution in [1.82, 2.24) is 14.5 Å². The first kappa shape index (κ1) is 17.6. The second-order valence-corrected chi connectivity index (χ2v) is 6.96. The van der Waals surface area contributed by atoms with Crippen LogP contribution in [0, 0.1) is 17.6 Å². The second kappa shape index (κ2) is 7.33. The maximum Gasteiger partial charge on any atom is 0.253 e. The van der Waals surface area contributed by atoms with E-state index in [1.165, 1.54) is 6.07 Å². The molecule has 3 rings (SSSR count). The van der Waals surface area contributed by atoms with Crippen LogP contribution in [-0.4, -0.2) is 33.4 Å². The van der Waals surface area contributed by atoms with Gasteiger partial charge in [0.15, 0.2) is 11.6 Å². The molecule has 0 unspecified atom stereocenters. The number of hydrogen-bond donors (Lipinski definition) is 0. The average Bonchev–Trinajstić information content (AvgIpc) is 3.06. The Labute approximate surface area is 146 Å². The summed E-state index contributed by atoms with van der Waals surface area (Å²) in [6, 6.07) is 3.32. The van der Waals surface area contributed by atoms with E-state index in [-0.39, 0.29) is 11.5 Å². The van der Waals surface area contributed by atoms with E-state index in [1.54, 1.807) is 4.90 Å². The molecule has 4 nitrogen and oxygen atoms in total. The van der Waals surface area contributed by atoms with Crippen LogP contribution in [0.3, 0.4) is 0 Å². The number of nitrogens with zero attached hydrogens (tertiary/aromatic N) is 3. The molecule has 2 aromatic rings. The fraction of sp³-hybridized carbons (Fsp3) is 0.474. The molecular weight excluding hydrogens is 324 g/mol. The number of benzene rings is 1. The summed E-state index contributed by atoms with van der Waals surface area (Å²) >= 11 is 0. The number of halogens is 2. The van der Waals surface area contributed by atoms with Gasteiger partial charge < -0.3 is 9.47 Å². The van der Waals surface area contributed by atoms with E-state index in [4.69, 9.17) is 0 Å². The fourth-order valence-corrected chi connectivity index (χ4v) is 3.38. The van der Waals surface area contributed by atoms with Crippen LogP contribution in [0.5, 0.6) is 0 Å². The van der Waals surface area contributed by atoms with Gasteiger partial charge in [-0.05, 0) is 37.0 Å². The summed E-state index contributed by atoms with van der Waals surface area (Å²) < 4.78 is 28.5. The van der Waals surface area contributed by atoms with Crippen LogP contribution in [0.2, 0.25) is 0 Å². The molecule has 0 saturated carbocycles. The molecule has 1 aliphatic rings. The maximum absolute atomic E-state index is 13.3. The first-order chi connectivity index (χ1) is 12.0. The number of carbonyl (C=O) groups is 1. The van der Waals surface area contributed by atoms with E-state index in [9.17, 15) is 13.6 Å². The van der Waals surface area contributed by atoms with Crippen LogP contribution in [0.25, 0.3) is 0 Å². The number of imidazole rings is 1. The molecule has 0 spiro atoms. The monoisotopic (exact) mass is 347 g/mol. The van der Waals surface area contributed by atoms with Crippen LogP contribution in [0.4, 0.5) is 8.78 Å². The molecule has 6 heteroatoms. The molecule has 25 heavy (non-hydrogen) atoms. The predicted molar refractivity (Wildman–Crippen MR) is 91.3 cm³/mol. The molecule has 1 fully saturated rings. The minimum atomic E-state index is -0.984. The Morgan fingerprint density at radius 1 is 1.24 bits per heavy atom. The van der Waals surface area contributed by atoms with Crippen molar-refractivity contribution in [3.05, 3.63) is 53.6 Å². The Kier molecular flexibility index (Phi) is 5.16. The van der Waals surface area contributed by atoms with Crippen molar-refractivity contribution in [2.24, 2.45) is 5.92 Å². The molecule has 1 aromatic heterocycles. The van der Waals surface area contributed by atoms with Crippen LogP contribution < -0.4 is 0 Å². The van der Waals surface area contributed by atoms with E-state index in [2.05, 4.69) is 23.4 Å². The van der Waals surface area contributed by atoms with E-state index in [1.807, 2.05) is 12.4 Å². The molecule has 2 heterocycles. The van der Waals surface area contributed by atoms with Crippen LogP contribution in [0.1, 0.15) is 48.8 Å².